The zero-order valence-corrected chi connectivity index (χ0v) is 11.5. The van der Waals surface area contributed by atoms with Crippen molar-refractivity contribution in [1.82, 2.24) is 0 Å². The molecule has 0 spiro atoms. The predicted octanol–water partition coefficient (Wildman–Crippen LogP) is 1.75. The molecule has 1 unspecified atom stereocenters. The molecule has 1 fully saturated rings. The monoisotopic (exact) mass is 290 g/mol. The molecule has 21 heavy (non-hydrogen) atoms. The molecule has 1 aliphatic rings. The first-order chi connectivity index (χ1) is 10.2. The lowest BCUT2D eigenvalue weighted by Crippen LogP contribution is -2.10. The molecule has 110 valence electrons. The summed E-state index contributed by atoms with van der Waals surface area (Å²) >= 11 is 0. The Balaban J connectivity index is 1.93. The predicted molar refractivity (Wildman–Crippen MR) is 73.7 cm³/mol. The van der Waals surface area contributed by atoms with Crippen molar-refractivity contribution in [1.29, 1.82) is 0 Å². The Labute approximate surface area is 120 Å². The summed E-state index contributed by atoms with van der Waals surface area (Å²) in [6.45, 7) is 3.05. The lowest BCUT2D eigenvalue weighted by molar-refractivity contribution is 0.0490. The molecule has 0 amide bonds. The molecule has 6 nitrogen and oxygen atoms in total. The van der Waals surface area contributed by atoms with Gasteiger partial charge in [0.05, 0.1) is 18.6 Å². The number of hydrogen-bond donors (Lipinski definition) is 0. The molecule has 6 heteroatoms. The third kappa shape index (κ3) is 3.05. The molecule has 0 N–H and O–H groups in total. The highest BCUT2D eigenvalue weighted by molar-refractivity contribution is 5.89. The summed E-state index contributed by atoms with van der Waals surface area (Å²) in [6.07, 6.45) is 0.138. The molecule has 0 saturated carbocycles. The fourth-order valence-corrected chi connectivity index (χ4v) is 1.88. The summed E-state index contributed by atoms with van der Waals surface area (Å²) in [5.41, 5.74) is -0.00357. The van der Waals surface area contributed by atoms with Crippen LogP contribution in [0, 0.1) is 0 Å². The molecular formula is C15H14O6. The largest absolute Gasteiger partial charge is 0.491 e. The molecule has 3 rings (SSSR count). The number of carbonyl (C=O) groups is 1. The first kappa shape index (κ1) is 13.6. The first-order valence-corrected chi connectivity index (χ1v) is 6.67. The van der Waals surface area contributed by atoms with E-state index in [1.54, 1.807) is 25.1 Å². The Kier molecular flexibility index (Phi) is 3.62. The lowest BCUT2D eigenvalue weighted by Gasteiger charge is -2.06. The Hall–Kier alpha value is -2.34. The number of epoxide rings is 1. The van der Waals surface area contributed by atoms with E-state index in [0.717, 1.165) is 6.07 Å². The summed E-state index contributed by atoms with van der Waals surface area (Å²) in [5, 5.41) is 0.387. The fraction of sp³-hybridized carbons (Fsp3) is 0.333. The van der Waals surface area contributed by atoms with E-state index in [4.69, 9.17) is 18.6 Å². The van der Waals surface area contributed by atoms with Crippen molar-refractivity contribution in [3.63, 3.8) is 0 Å². The smallest absolute Gasteiger partial charge is 0.374 e. The second kappa shape index (κ2) is 5.57. The van der Waals surface area contributed by atoms with Gasteiger partial charge in [-0.25, -0.2) is 4.79 Å². The fourth-order valence-electron chi connectivity index (χ4n) is 1.88. The van der Waals surface area contributed by atoms with Gasteiger partial charge >= 0.3 is 5.97 Å². The molecule has 1 aromatic heterocycles. The summed E-state index contributed by atoms with van der Waals surface area (Å²) in [6, 6.07) is 6.02. The van der Waals surface area contributed by atoms with Gasteiger partial charge in [-0.05, 0) is 19.1 Å². The highest BCUT2D eigenvalue weighted by Gasteiger charge is 2.23. The second-order valence-corrected chi connectivity index (χ2v) is 4.62. The topological polar surface area (TPSA) is 78.3 Å². The lowest BCUT2D eigenvalue weighted by atomic mass is 10.2. The van der Waals surface area contributed by atoms with Crippen molar-refractivity contribution in [2.24, 2.45) is 0 Å². The van der Waals surface area contributed by atoms with Crippen LogP contribution in [0.3, 0.4) is 0 Å². The number of carbonyl (C=O) groups excluding carboxylic acids is 1. The summed E-state index contributed by atoms with van der Waals surface area (Å²) < 4.78 is 20.8. The Bertz CT molecular complexity index is 729. The summed E-state index contributed by atoms with van der Waals surface area (Å²) in [5.74, 6) is -0.214. The molecule has 1 aromatic carbocycles. The average Bonchev–Trinajstić information content (AvgIpc) is 3.29. The van der Waals surface area contributed by atoms with Crippen molar-refractivity contribution in [3.8, 4) is 5.75 Å². The van der Waals surface area contributed by atoms with E-state index in [9.17, 15) is 9.59 Å². The molecule has 1 atom stereocenters. The SMILES string of the molecule is CCOC(=O)c1cc(=O)c2ccc(OCC3CO3)cc2o1. The van der Waals surface area contributed by atoms with E-state index in [-0.39, 0.29) is 23.9 Å². The van der Waals surface area contributed by atoms with E-state index in [1.165, 1.54) is 0 Å². The molecule has 1 aliphatic heterocycles. The summed E-state index contributed by atoms with van der Waals surface area (Å²) in [4.78, 5) is 23.6. The van der Waals surface area contributed by atoms with Crippen LogP contribution in [0.4, 0.5) is 0 Å². The number of esters is 1. The minimum absolute atomic E-state index is 0.114. The molecule has 1 saturated heterocycles. The van der Waals surface area contributed by atoms with Crippen molar-refractivity contribution >= 4 is 16.9 Å². The van der Waals surface area contributed by atoms with E-state index >= 15 is 0 Å². The number of hydrogen-bond acceptors (Lipinski definition) is 6. The zero-order valence-electron chi connectivity index (χ0n) is 11.5. The standard InChI is InChI=1S/C15H14O6/c1-2-18-15(17)14-6-12(16)11-4-3-9(5-13(11)21-14)19-7-10-8-20-10/h3-6,10H,2,7-8H2,1H3. The number of ether oxygens (including phenoxy) is 3. The van der Waals surface area contributed by atoms with Gasteiger partial charge in [0.15, 0.2) is 5.43 Å². The molecule has 2 heterocycles. The van der Waals surface area contributed by atoms with Gasteiger partial charge in [0.1, 0.15) is 24.0 Å². The van der Waals surface area contributed by atoms with Gasteiger partial charge in [0.25, 0.3) is 0 Å². The van der Waals surface area contributed by atoms with Crippen LogP contribution in [0.15, 0.2) is 33.5 Å². The highest BCUT2D eigenvalue weighted by Crippen LogP contribution is 2.21. The normalized spacial score (nSPS) is 16.7. The van der Waals surface area contributed by atoms with Crippen molar-refractivity contribution in [2.75, 3.05) is 19.8 Å². The van der Waals surface area contributed by atoms with Crippen LogP contribution in [-0.2, 0) is 9.47 Å². The second-order valence-electron chi connectivity index (χ2n) is 4.62. The van der Waals surface area contributed by atoms with Crippen LogP contribution in [0.25, 0.3) is 11.0 Å². The van der Waals surface area contributed by atoms with E-state index in [0.29, 0.717) is 29.9 Å². The number of fused-ring (bicyclic) bond motifs is 1. The number of benzene rings is 1. The van der Waals surface area contributed by atoms with Gasteiger partial charge < -0.3 is 18.6 Å². The van der Waals surface area contributed by atoms with Crippen LogP contribution >= 0.6 is 0 Å². The van der Waals surface area contributed by atoms with Gasteiger partial charge in [-0.2, -0.15) is 0 Å². The average molecular weight is 290 g/mol. The maximum atomic E-state index is 12.0. The molecule has 0 bridgehead atoms. The summed E-state index contributed by atoms with van der Waals surface area (Å²) in [7, 11) is 0. The molecule has 0 radical (unpaired) electrons. The van der Waals surface area contributed by atoms with Crippen LogP contribution in [0.5, 0.6) is 5.75 Å². The minimum atomic E-state index is -0.658. The zero-order chi connectivity index (χ0) is 14.8. The van der Waals surface area contributed by atoms with Crippen molar-refractivity contribution in [3.05, 3.63) is 40.2 Å². The van der Waals surface area contributed by atoms with Gasteiger partial charge in [0.2, 0.25) is 5.76 Å². The highest BCUT2D eigenvalue weighted by atomic mass is 16.6. The van der Waals surface area contributed by atoms with Crippen molar-refractivity contribution < 1.29 is 23.4 Å². The van der Waals surface area contributed by atoms with Gasteiger partial charge in [-0.1, -0.05) is 0 Å². The Morgan fingerprint density at radius 2 is 2.19 bits per heavy atom. The van der Waals surface area contributed by atoms with Crippen molar-refractivity contribution in [2.45, 2.75) is 13.0 Å². The maximum Gasteiger partial charge on any atom is 0.374 e. The third-order valence-corrected chi connectivity index (χ3v) is 3.02. The minimum Gasteiger partial charge on any atom is -0.491 e. The maximum absolute atomic E-state index is 12.0. The molecule has 2 aromatic rings. The quantitative estimate of drug-likeness (QED) is 0.616. The Morgan fingerprint density at radius 3 is 2.90 bits per heavy atom. The Morgan fingerprint density at radius 1 is 1.38 bits per heavy atom. The van der Waals surface area contributed by atoms with Crippen LogP contribution < -0.4 is 10.2 Å². The number of rotatable bonds is 5. The molecular weight excluding hydrogens is 276 g/mol. The third-order valence-electron chi connectivity index (χ3n) is 3.02. The van der Waals surface area contributed by atoms with Gasteiger partial charge in [0, 0.05) is 12.1 Å². The molecule has 0 aliphatic carbocycles. The van der Waals surface area contributed by atoms with E-state index in [2.05, 4.69) is 0 Å². The van der Waals surface area contributed by atoms with E-state index < -0.39 is 5.97 Å². The van der Waals surface area contributed by atoms with Gasteiger partial charge in [-0.3, -0.25) is 4.79 Å². The van der Waals surface area contributed by atoms with Crippen LogP contribution in [0.1, 0.15) is 17.5 Å². The van der Waals surface area contributed by atoms with Crippen LogP contribution in [-0.4, -0.2) is 31.9 Å². The van der Waals surface area contributed by atoms with E-state index in [1.807, 2.05) is 0 Å². The van der Waals surface area contributed by atoms with Crippen LogP contribution in [0.2, 0.25) is 0 Å². The van der Waals surface area contributed by atoms with Gasteiger partial charge in [-0.15, -0.1) is 0 Å². The first-order valence-electron chi connectivity index (χ1n) is 6.67.